The van der Waals surface area contributed by atoms with Gasteiger partial charge in [0.2, 0.25) is 10.0 Å². The van der Waals surface area contributed by atoms with E-state index in [1.807, 2.05) is 20.8 Å². The zero-order valence-electron chi connectivity index (χ0n) is 23.3. The number of hydrogen-bond acceptors (Lipinski definition) is 8. The van der Waals surface area contributed by atoms with E-state index in [-0.39, 0.29) is 35.0 Å². The second-order valence-electron chi connectivity index (χ2n) is 10.4. The van der Waals surface area contributed by atoms with Crippen molar-refractivity contribution in [3.63, 3.8) is 0 Å². The van der Waals surface area contributed by atoms with E-state index in [1.165, 1.54) is 19.2 Å². The lowest BCUT2D eigenvalue weighted by Crippen LogP contribution is -2.25. The van der Waals surface area contributed by atoms with Gasteiger partial charge in [-0.05, 0) is 47.1 Å². The van der Waals surface area contributed by atoms with Crippen molar-refractivity contribution in [2.24, 2.45) is 0 Å². The SMILES string of the molecule is CCCS(=O)(=O)Nc1cc(C(C)(C)C)cc(NC(=O)C(=O)c2ccc(OC[C@@H](O)CO)c3ccccc23)c1OC. The average molecular weight is 573 g/mol. The minimum Gasteiger partial charge on any atom is -0.492 e. The summed E-state index contributed by atoms with van der Waals surface area (Å²) in [6.45, 7) is 6.95. The van der Waals surface area contributed by atoms with Gasteiger partial charge in [-0.3, -0.25) is 14.3 Å². The van der Waals surface area contributed by atoms with Gasteiger partial charge in [0.25, 0.3) is 11.7 Å². The maximum absolute atomic E-state index is 13.4. The van der Waals surface area contributed by atoms with Crippen molar-refractivity contribution in [2.45, 2.75) is 45.6 Å². The molecule has 10 nitrogen and oxygen atoms in total. The molecule has 0 saturated carbocycles. The van der Waals surface area contributed by atoms with Crippen LogP contribution in [0.2, 0.25) is 0 Å². The number of sulfonamides is 1. The van der Waals surface area contributed by atoms with Crippen molar-refractivity contribution in [3.05, 3.63) is 59.7 Å². The van der Waals surface area contributed by atoms with E-state index in [0.29, 0.717) is 28.5 Å². The fourth-order valence-corrected chi connectivity index (χ4v) is 5.20. The molecule has 3 aromatic rings. The number of carbonyl (C=O) groups excluding carboxylic acids is 2. The highest BCUT2D eigenvalue weighted by Gasteiger charge is 2.26. The Morgan fingerprint density at radius 2 is 1.68 bits per heavy atom. The van der Waals surface area contributed by atoms with Crippen LogP contribution in [0.5, 0.6) is 11.5 Å². The summed E-state index contributed by atoms with van der Waals surface area (Å²) in [5.74, 6) is -1.41. The third-order valence-electron chi connectivity index (χ3n) is 6.12. The predicted octanol–water partition coefficient (Wildman–Crippen LogP) is 3.85. The van der Waals surface area contributed by atoms with Crippen LogP contribution in [0.15, 0.2) is 48.5 Å². The van der Waals surface area contributed by atoms with Crippen molar-refractivity contribution in [3.8, 4) is 11.5 Å². The number of nitrogens with one attached hydrogen (secondary N) is 2. The summed E-state index contributed by atoms with van der Waals surface area (Å²) in [4.78, 5) is 26.7. The minimum atomic E-state index is -3.68. The summed E-state index contributed by atoms with van der Waals surface area (Å²) >= 11 is 0. The van der Waals surface area contributed by atoms with Crippen molar-refractivity contribution in [1.29, 1.82) is 0 Å². The maximum Gasteiger partial charge on any atom is 0.296 e. The molecule has 0 aliphatic carbocycles. The summed E-state index contributed by atoms with van der Waals surface area (Å²) in [5.41, 5.74) is 0.712. The number of anilines is 2. The number of ketones is 1. The summed E-state index contributed by atoms with van der Waals surface area (Å²) in [6, 6.07) is 13.1. The van der Waals surface area contributed by atoms with Gasteiger partial charge in [-0.1, -0.05) is 52.0 Å². The molecular weight excluding hydrogens is 536 g/mol. The van der Waals surface area contributed by atoms with Gasteiger partial charge in [-0.15, -0.1) is 0 Å². The van der Waals surface area contributed by atoms with Crippen LogP contribution in [0.3, 0.4) is 0 Å². The molecular formula is C29H36N2O8S. The highest BCUT2D eigenvalue weighted by atomic mass is 32.2. The topological polar surface area (TPSA) is 151 Å². The number of fused-ring (bicyclic) bond motifs is 1. The Morgan fingerprint density at radius 1 is 1.02 bits per heavy atom. The zero-order valence-corrected chi connectivity index (χ0v) is 24.1. The molecule has 0 heterocycles. The van der Waals surface area contributed by atoms with Crippen LogP contribution in [0.4, 0.5) is 11.4 Å². The zero-order chi connectivity index (χ0) is 29.7. The molecule has 0 radical (unpaired) electrons. The number of ether oxygens (including phenoxy) is 2. The second-order valence-corrected chi connectivity index (χ2v) is 12.2. The molecule has 0 aliphatic heterocycles. The molecule has 3 aromatic carbocycles. The van der Waals surface area contributed by atoms with Crippen LogP contribution in [0, 0.1) is 0 Å². The maximum atomic E-state index is 13.4. The van der Waals surface area contributed by atoms with Crippen LogP contribution in [0.1, 0.15) is 50.0 Å². The van der Waals surface area contributed by atoms with Crippen LogP contribution in [-0.2, 0) is 20.2 Å². The van der Waals surface area contributed by atoms with E-state index in [0.717, 1.165) is 0 Å². The first-order valence-electron chi connectivity index (χ1n) is 12.8. The minimum absolute atomic E-state index is 0.0740. The quantitative estimate of drug-likeness (QED) is 0.189. The van der Waals surface area contributed by atoms with Crippen molar-refractivity contribution in [2.75, 3.05) is 36.1 Å². The Balaban J connectivity index is 2.01. The van der Waals surface area contributed by atoms with Crippen molar-refractivity contribution in [1.82, 2.24) is 0 Å². The van der Waals surface area contributed by atoms with E-state index >= 15 is 0 Å². The second kappa shape index (κ2) is 12.7. The first-order chi connectivity index (χ1) is 18.8. The Bertz CT molecular complexity index is 1500. The lowest BCUT2D eigenvalue weighted by molar-refractivity contribution is -0.112. The summed E-state index contributed by atoms with van der Waals surface area (Å²) in [7, 11) is -2.33. The molecule has 0 aromatic heterocycles. The van der Waals surface area contributed by atoms with Crippen LogP contribution in [0.25, 0.3) is 10.8 Å². The third-order valence-corrected chi connectivity index (χ3v) is 7.60. The molecule has 1 amide bonds. The fourth-order valence-electron chi connectivity index (χ4n) is 4.07. The molecule has 0 bridgehead atoms. The number of rotatable bonds is 12. The molecule has 11 heteroatoms. The normalized spacial score (nSPS) is 12.6. The number of hydrogen-bond donors (Lipinski definition) is 4. The highest BCUT2D eigenvalue weighted by molar-refractivity contribution is 7.92. The van der Waals surface area contributed by atoms with E-state index in [4.69, 9.17) is 14.6 Å². The number of carbonyl (C=O) groups is 2. The lowest BCUT2D eigenvalue weighted by atomic mass is 9.86. The standard InChI is InChI=1S/C29H36N2O8S/c1-6-13-40(36,37)31-24-15-18(29(2,3)4)14-23(27(24)38-5)30-28(35)26(34)22-11-12-25(39-17-19(33)16-32)21-10-8-7-9-20(21)22/h7-12,14-15,19,31-33H,6,13,16-17H2,1-5H3,(H,30,35)/t19-/m0/s1. The average Bonchev–Trinajstić information content (AvgIpc) is 2.90. The predicted molar refractivity (Wildman–Crippen MR) is 155 cm³/mol. The molecule has 216 valence electrons. The van der Waals surface area contributed by atoms with Gasteiger partial charge < -0.3 is 25.0 Å². The van der Waals surface area contributed by atoms with Crippen LogP contribution >= 0.6 is 0 Å². The van der Waals surface area contributed by atoms with Gasteiger partial charge in [0.15, 0.2) is 5.75 Å². The molecule has 0 unspecified atom stereocenters. The van der Waals surface area contributed by atoms with Crippen LogP contribution in [-0.4, -0.2) is 62.5 Å². The molecule has 0 saturated heterocycles. The van der Waals surface area contributed by atoms with Crippen molar-refractivity contribution >= 4 is 43.9 Å². The number of aliphatic hydroxyl groups excluding tert-OH is 2. The Hall–Kier alpha value is -3.67. The van der Waals surface area contributed by atoms with E-state index in [2.05, 4.69) is 10.0 Å². The number of methoxy groups -OCH3 is 1. The number of amides is 1. The fraction of sp³-hybridized carbons (Fsp3) is 0.379. The van der Waals surface area contributed by atoms with Gasteiger partial charge in [0, 0.05) is 10.9 Å². The van der Waals surface area contributed by atoms with Gasteiger partial charge in [0.05, 0.1) is 30.8 Å². The Kier molecular flexibility index (Phi) is 9.78. The van der Waals surface area contributed by atoms with Crippen LogP contribution < -0.4 is 19.5 Å². The summed E-state index contributed by atoms with van der Waals surface area (Å²) in [5, 5.41) is 22.3. The smallest absolute Gasteiger partial charge is 0.296 e. The Morgan fingerprint density at radius 3 is 2.27 bits per heavy atom. The first kappa shape index (κ1) is 30.9. The molecule has 0 aliphatic rings. The molecule has 0 spiro atoms. The van der Waals surface area contributed by atoms with Gasteiger partial charge in [0.1, 0.15) is 18.5 Å². The van der Waals surface area contributed by atoms with E-state index in [1.54, 1.807) is 43.3 Å². The number of Topliss-reactive ketones (excluding diaryl/α,β-unsaturated/α-hetero) is 1. The number of aliphatic hydroxyl groups is 2. The Labute approximate surface area is 234 Å². The van der Waals surface area contributed by atoms with E-state index in [9.17, 15) is 23.1 Å². The van der Waals surface area contributed by atoms with Gasteiger partial charge in [-0.25, -0.2) is 8.42 Å². The lowest BCUT2D eigenvalue weighted by Gasteiger charge is -2.24. The molecule has 40 heavy (non-hydrogen) atoms. The van der Waals surface area contributed by atoms with Gasteiger partial charge >= 0.3 is 0 Å². The van der Waals surface area contributed by atoms with E-state index < -0.39 is 39.8 Å². The largest absolute Gasteiger partial charge is 0.492 e. The molecule has 4 N–H and O–H groups in total. The number of benzene rings is 3. The molecule has 3 rings (SSSR count). The first-order valence-corrected chi connectivity index (χ1v) is 14.5. The molecule has 1 atom stereocenters. The van der Waals surface area contributed by atoms with Gasteiger partial charge in [-0.2, -0.15) is 0 Å². The van der Waals surface area contributed by atoms with Crippen molar-refractivity contribution < 1.29 is 37.7 Å². The summed E-state index contributed by atoms with van der Waals surface area (Å²) in [6.07, 6.45) is -0.657. The summed E-state index contributed by atoms with van der Waals surface area (Å²) < 4.78 is 38.8. The highest BCUT2D eigenvalue weighted by Crippen LogP contribution is 2.39. The third kappa shape index (κ3) is 7.29. The molecule has 0 fully saturated rings. The monoisotopic (exact) mass is 572 g/mol.